The molecule has 5 fully saturated rings. The SMILES string of the molecule is S=C1O[C@H]2CC3C(COC4CCCCO4)C(C[C@H]2O1)C3COC1CCCCO1. The van der Waals surface area contributed by atoms with E-state index >= 15 is 0 Å². The van der Waals surface area contributed by atoms with E-state index in [4.69, 9.17) is 40.6 Å². The molecule has 0 N–H and O–H groups in total. The Morgan fingerprint density at radius 1 is 0.750 bits per heavy atom. The highest BCUT2D eigenvalue weighted by Gasteiger charge is 2.57. The molecule has 6 atom stereocenters. The van der Waals surface area contributed by atoms with Crippen LogP contribution in [0.3, 0.4) is 0 Å². The highest BCUT2D eigenvalue weighted by Crippen LogP contribution is 2.55. The van der Waals surface area contributed by atoms with E-state index in [-0.39, 0.29) is 24.8 Å². The second-order valence-electron chi connectivity index (χ2n) is 8.95. The summed E-state index contributed by atoms with van der Waals surface area (Å²) in [5, 5.41) is 0.322. The van der Waals surface area contributed by atoms with Crippen molar-refractivity contribution in [3.63, 3.8) is 0 Å². The summed E-state index contributed by atoms with van der Waals surface area (Å²) in [7, 11) is 0. The van der Waals surface area contributed by atoms with E-state index in [9.17, 15) is 0 Å². The van der Waals surface area contributed by atoms with Crippen molar-refractivity contribution in [1.82, 2.24) is 0 Å². The van der Waals surface area contributed by atoms with Crippen molar-refractivity contribution in [2.24, 2.45) is 23.7 Å². The second kappa shape index (κ2) is 8.72. The summed E-state index contributed by atoms with van der Waals surface area (Å²) < 4.78 is 35.5. The molecule has 3 saturated heterocycles. The van der Waals surface area contributed by atoms with Crippen LogP contribution in [-0.4, -0.2) is 56.5 Å². The van der Waals surface area contributed by atoms with Crippen molar-refractivity contribution in [3.05, 3.63) is 0 Å². The van der Waals surface area contributed by atoms with Crippen LogP contribution in [0.5, 0.6) is 0 Å². The molecule has 2 bridgehead atoms. The van der Waals surface area contributed by atoms with Crippen LogP contribution in [0.15, 0.2) is 0 Å². The minimum absolute atomic E-state index is 0.0266. The standard InChI is InChI=1S/C21H32O6S/c28-21-26-17-9-13-15(11-24-19-5-1-3-7-22-19)14(10-18(17)27-21)16(13)12-25-20-6-2-4-8-23-20/h13-20H,1-12H2/t13?,14?,15?,16?,17-,18+,19?,20?. The van der Waals surface area contributed by atoms with Gasteiger partial charge < -0.3 is 28.4 Å². The fourth-order valence-corrected chi connectivity index (χ4v) is 6.05. The quantitative estimate of drug-likeness (QED) is 0.620. The normalized spacial score (nSPS) is 45.4. The van der Waals surface area contributed by atoms with Gasteiger partial charge in [0.15, 0.2) is 12.6 Å². The maximum Gasteiger partial charge on any atom is 0.353 e. The maximum atomic E-state index is 6.17. The smallest absolute Gasteiger partial charge is 0.353 e. The number of hydrogen-bond donors (Lipinski definition) is 0. The summed E-state index contributed by atoms with van der Waals surface area (Å²) in [6.45, 7) is 3.17. The van der Waals surface area contributed by atoms with Gasteiger partial charge in [0.05, 0.1) is 13.2 Å². The molecule has 5 aliphatic rings. The molecule has 2 aliphatic carbocycles. The lowest BCUT2D eigenvalue weighted by molar-refractivity contribution is -0.214. The molecule has 2 saturated carbocycles. The van der Waals surface area contributed by atoms with E-state index in [0.29, 0.717) is 28.9 Å². The van der Waals surface area contributed by atoms with E-state index in [2.05, 4.69) is 0 Å². The Labute approximate surface area is 172 Å². The lowest BCUT2D eigenvalue weighted by Crippen LogP contribution is -2.51. The van der Waals surface area contributed by atoms with E-state index in [1.54, 1.807) is 0 Å². The third kappa shape index (κ3) is 4.06. The van der Waals surface area contributed by atoms with Crippen molar-refractivity contribution in [1.29, 1.82) is 0 Å². The molecule has 7 heteroatoms. The van der Waals surface area contributed by atoms with Crippen LogP contribution in [0.1, 0.15) is 51.4 Å². The molecule has 0 aromatic carbocycles. The summed E-state index contributed by atoms with van der Waals surface area (Å²) in [6.07, 6.45) is 8.79. The third-order valence-corrected chi connectivity index (χ3v) is 7.54. The maximum absolute atomic E-state index is 6.17. The average Bonchev–Trinajstić information content (AvgIpc) is 2.92. The number of rotatable bonds is 6. The molecule has 5 rings (SSSR count). The molecule has 6 nitrogen and oxygen atoms in total. The first-order valence-corrected chi connectivity index (χ1v) is 11.5. The average molecular weight is 413 g/mol. The largest absolute Gasteiger partial charge is 0.450 e. The minimum Gasteiger partial charge on any atom is -0.450 e. The topological polar surface area (TPSA) is 55.4 Å². The predicted molar refractivity (Wildman–Crippen MR) is 105 cm³/mol. The Morgan fingerprint density at radius 2 is 1.25 bits per heavy atom. The Balaban J connectivity index is 1.20. The van der Waals surface area contributed by atoms with Gasteiger partial charge in [-0.25, -0.2) is 0 Å². The lowest BCUT2D eigenvalue weighted by atomic mass is 9.56. The van der Waals surface area contributed by atoms with E-state index in [1.807, 2.05) is 0 Å². The van der Waals surface area contributed by atoms with Gasteiger partial charge in [-0.15, -0.1) is 0 Å². The Kier molecular flexibility index (Phi) is 6.07. The molecule has 3 aliphatic heterocycles. The summed E-state index contributed by atoms with van der Waals surface area (Å²) in [6, 6.07) is 0. The number of ether oxygens (including phenoxy) is 6. The van der Waals surface area contributed by atoms with Crippen LogP contribution in [0.4, 0.5) is 0 Å². The van der Waals surface area contributed by atoms with Crippen molar-refractivity contribution in [2.45, 2.75) is 76.2 Å². The first-order valence-electron chi connectivity index (χ1n) is 11.1. The van der Waals surface area contributed by atoms with Gasteiger partial charge in [0.2, 0.25) is 0 Å². The minimum atomic E-state index is -0.0266. The van der Waals surface area contributed by atoms with E-state index < -0.39 is 0 Å². The highest BCUT2D eigenvalue weighted by atomic mass is 32.1. The fourth-order valence-electron chi connectivity index (χ4n) is 5.80. The Bertz CT molecular complexity index is 493. The van der Waals surface area contributed by atoms with Crippen molar-refractivity contribution in [3.8, 4) is 0 Å². The first-order chi connectivity index (χ1) is 13.8. The van der Waals surface area contributed by atoms with Gasteiger partial charge in [0, 0.05) is 25.4 Å². The van der Waals surface area contributed by atoms with Gasteiger partial charge in [-0.2, -0.15) is 0 Å². The van der Waals surface area contributed by atoms with Crippen molar-refractivity contribution >= 4 is 17.5 Å². The molecule has 0 spiro atoms. The van der Waals surface area contributed by atoms with Gasteiger partial charge in [-0.1, -0.05) is 0 Å². The van der Waals surface area contributed by atoms with Crippen molar-refractivity contribution in [2.75, 3.05) is 26.4 Å². The van der Waals surface area contributed by atoms with Crippen LogP contribution >= 0.6 is 12.2 Å². The Hall–Kier alpha value is -0.470. The lowest BCUT2D eigenvalue weighted by Gasteiger charge is -2.51. The van der Waals surface area contributed by atoms with E-state index in [1.165, 1.54) is 12.8 Å². The zero-order valence-corrected chi connectivity index (χ0v) is 17.3. The zero-order chi connectivity index (χ0) is 18.9. The summed E-state index contributed by atoms with van der Waals surface area (Å²) in [5.41, 5.74) is 0. The van der Waals surface area contributed by atoms with Gasteiger partial charge in [0.25, 0.3) is 0 Å². The van der Waals surface area contributed by atoms with Gasteiger partial charge >= 0.3 is 5.24 Å². The molecular weight excluding hydrogens is 380 g/mol. The molecule has 3 heterocycles. The fraction of sp³-hybridized carbons (Fsp3) is 0.952. The predicted octanol–water partition coefficient (Wildman–Crippen LogP) is 3.41. The molecule has 28 heavy (non-hydrogen) atoms. The highest BCUT2D eigenvalue weighted by molar-refractivity contribution is 7.79. The van der Waals surface area contributed by atoms with Crippen LogP contribution < -0.4 is 0 Å². The summed E-state index contributed by atoms with van der Waals surface area (Å²) in [4.78, 5) is 0. The number of thiocarbonyl (C=S) groups is 1. The second-order valence-corrected chi connectivity index (χ2v) is 9.28. The van der Waals surface area contributed by atoms with Crippen LogP contribution in [0.25, 0.3) is 0 Å². The Morgan fingerprint density at radius 3 is 1.68 bits per heavy atom. The molecule has 0 aromatic rings. The first kappa shape index (κ1) is 19.5. The van der Waals surface area contributed by atoms with Crippen molar-refractivity contribution < 1.29 is 28.4 Å². The van der Waals surface area contributed by atoms with Crippen LogP contribution in [0, 0.1) is 23.7 Å². The molecular formula is C21H32O6S. The number of hydrogen-bond acceptors (Lipinski definition) is 7. The molecule has 4 unspecified atom stereocenters. The molecule has 0 aromatic heterocycles. The molecule has 0 radical (unpaired) electrons. The number of fused-ring (bicyclic) bond motifs is 3. The van der Waals surface area contributed by atoms with Gasteiger partial charge in [-0.3, -0.25) is 0 Å². The third-order valence-electron chi connectivity index (χ3n) is 7.34. The molecule has 0 amide bonds. The summed E-state index contributed by atoms with van der Waals surface area (Å²) in [5.74, 6) is 2.10. The van der Waals surface area contributed by atoms with Crippen LogP contribution in [-0.2, 0) is 28.4 Å². The molecule has 158 valence electrons. The summed E-state index contributed by atoms with van der Waals surface area (Å²) >= 11 is 5.14. The monoisotopic (exact) mass is 412 g/mol. The van der Waals surface area contributed by atoms with Crippen LogP contribution in [0.2, 0.25) is 0 Å². The van der Waals surface area contributed by atoms with Gasteiger partial charge in [0.1, 0.15) is 12.2 Å². The zero-order valence-electron chi connectivity index (χ0n) is 16.5. The van der Waals surface area contributed by atoms with E-state index in [0.717, 1.165) is 65.0 Å². The van der Waals surface area contributed by atoms with Gasteiger partial charge in [-0.05, 0) is 75.0 Å².